The monoisotopic (exact) mass is 345 g/mol. The number of carbonyl (C=O) groups excluding carboxylic acids is 1. The first kappa shape index (κ1) is 16.0. The van der Waals surface area contributed by atoms with Gasteiger partial charge in [-0.15, -0.1) is 11.3 Å². The Morgan fingerprint density at radius 3 is 2.70 bits per heavy atom. The molecule has 6 heteroatoms. The predicted octanol–water partition coefficient (Wildman–Crippen LogP) is 3.74. The summed E-state index contributed by atoms with van der Waals surface area (Å²) in [4.78, 5) is 16.2. The molecule has 0 aliphatic heterocycles. The van der Waals surface area contributed by atoms with Crippen molar-refractivity contribution in [3.8, 4) is 0 Å². The number of ether oxygens (including phenoxy) is 1. The van der Waals surface area contributed by atoms with Crippen LogP contribution in [0.2, 0.25) is 0 Å². The number of benzene rings is 2. The van der Waals surface area contributed by atoms with E-state index < -0.39 is 5.97 Å². The van der Waals surface area contributed by atoms with Gasteiger partial charge in [-0.05, 0) is 29.8 Å². The molecule has 23 heavy (non-hydrogen) atoms. The molecule has 0 fully saturated rings. The van der Waals surface area contributed by atoms with Gasteiger partial charge in [0.25, 0.3) is 0 Å². The van der Waals surface area contributed by atoms with Crippen molar-refractivity contribution >= 4 is 39.3 Å². The van der Waals surface area contributed by atoms with Gasteiger partial charge >= 0.3 is 5.97 Å². The first-order valence-electron chi connectivity index (χ1n) is 7.11. The average molecular weight is 345 g/mol. The molecule has 0 saturated heterocycles. The Morgan fingerprint density at radius 1 is 1.17 bits per heavy atom. The number of aliphatic hydroxyl groups excluding tert-OH is 1. The zero-order valence-corrected chi connectivity index (χ0v) is 13.9. The molecular formula is C17H15NO3S2. The first-order chi connectivity index (χ1) is 11.3. The van der Waals surface area contributed by atoms with Crippen LogP contribution in [0, 0.1) is 0 Å². The van der Waals surface area contributed by atoms with E-state index in [2.05, 4.69) is 11.1 Å². The highest BCUT2D eigenvalue weighted by molar-refractivity contribution is 8.00. The van der Waals surface area contributed by atoms with E-state index in [1.807, 2.05) is 30.3 Å². The topological polar surface area (TPSA) is 59.4 Å². The van der Waals surface area contributed by atoms with Crippen LogP contribution in [-0.4, -0.2) is 29.3 Å². The molecule has 0 amide bonds. The Balaban J connectivity index is 1.61. The van der Waals surface area contributed by atoms with E-state index in [0.29, 0.717) is 5.56 Å². The van der Waals surface area contributed by atoms with Gasteiger partial charge in [-0.25, -0.2) is 9.78 Å². The highest BCUT2D eigenvalue weighted by Crippen LogP contribution is 2.31. The number of nitrogens with zero attached hydrogens (tertiary/aromatic N) is 1. The van der Waals surface area contributed by atoms with Crippen molar-refractivity contribution < 1.29 is 14.6 Å². The van der Waals surface area contributed by atoms with Crippen LogP contribution in [0.4, 0.5) is 0 Å². The Bertz CT molecular complexity index is 766. The number of aromatic nitrogens is 1. The van der Waals surface area contributed by atoms with E-state index in [1.165, 1.54) is 4.70 Å². The van der Waals surface area contributed by atoms with Crippen LogP contribution in [0.3, 0.4) is 0 Å². The number of hydrogen-bond donors (Lipinski definition) is 1. The molecule has 1 heterocycles. The molecule has 0 saturated carbocycles. The van der Waals surface area contributed by atoms with Crippen molar-refractivity contribution in [2.24, 2.45) is 0 Å². The van der Waals surface area contributed by atoms with Crippen molar-refractivity contribution in [2.45, 2.75) is 10.1 Å². The fourth-order valence-electron chi connectivity index (χ4n) is 2.02. The summed E-state index contributed by atoms with van der Waals surface area (Å²) in [6, 6.07) is 15.4. The second-order valence-corrected chi connectivity index (χ2v) is 7.05. The Hall–Kier alpha value is -1.89. The summed E-state index contributed by atoms with van der Waals surface area (Å²) in [6.07, 6.45) is 0. The molecule has 0 atom stereocenters. The summed E-state index contributed by atoms with van der Waals surface area (Å²) in [5.41, 5.74) is 2.64. The molecule has 1 N–H and O–H groups in total. The molecule has 2 aromatic carbocycles. The van der Waals surface area contributed by atoms with Crippen molar-refractivity contribution in [3.63, 3.8) is 0 Å². The largest absolute Gasteiger partial charge is 0.460 e. The fraction of sp³-hybridized carbons (Fsp3) is 0.176. The number of rotatable bonds is 6. The predicted molar refractivity (Wildman–Crippen MR) is 93.0 cm³/mol. The van der Waals surface area contributed by atoms with E-state index in [0.717, 1.165) is 21.2 Å². The van der Waals surface area contributed by atoms with E-state index in [4.69, 9.17) is 9.84 Å². The van der Waals surface area contributed by atoms with Crippen LogP contribution >= 0.6 is 23.1 Å². The normalized spacial score (nSPS) is 10.8. The average Bonchev–Trinajstić information content (AvgIpc) is 3.01. The van der Waals surface area contributed by atoms with Gasteiger partial charge < -0.3 is 9.84 Å². The van der Waals surface area contributed by atoms with E-state index >= 15 is 0 Å². The summed E-state index contributed by atoms with van der Waals surface area (Å²) in [5.74, 6) is 0.385. The van der Waals surface area contributed by atoms with Crippen molar-refractivity contribution in [2.75, 3.05) is 13.2 Å². The molecule has 3 rings (SSSR count). The quantitative estimate of drug-likeness (QED) is 0.545. The lowest BCUT2D eigenvalue weighted by Gasteiger charge is -2.04. The number of aliphatic hydroxyl groups is 1. The Labute approximate surface area is 142 Å². The van der Waals surface area contributed by atoms with Gasteiger partial charge in [-0.3, -0.25) is 0 Å². The smallest absolute Gasteiger partial charge is 0.338 e. The van der Waals surface area contributed by atoms with Gasteiger partial charge in [0, 0.05) is 5.75 Å². The molecular weight excluding hydrogens is 330 g/mol. The molecule has 0 bridgehead atoms. The van der Waals surface area contributed by atoms with Gasteiger partial charge in [0.15, 0.2) is 4.34 Å². The lowest BCUT2D eigenvalue weighted by molar-refractivity contribution is 0.0434. The minimum Gasteiger partial charge on any atom is -0.460 e. The number of para-hydroxylation sites is 1. The van der Waals surface area contributed by atoms with Crippen LogP contribution in [-0.2, 0) is 10.5 Å². The molecule has 1 aromatic heterocycles. The number of fused-ring (bicyclic) bond motifs is 1. The van der Waals surface area contributed by atoms with Gasteiger partial charge in [-0.2, -0.15) is 0 Å². The SMILES string of the molecule is O=C(OCCO)c1ccc(CSc2nc3ccccc3s2)cc1. The van der Waals surface area contributed by atoms with Crippen LogP contribution in [0.5, 0.6) is 0 Å². The van der Waals surface area contributed by atoms with E-state index in [9.17, 15) is 4.79 Å². The van der Waals surface area contributed by atoms with E-state index in [1.54, 1.807) is 35.2 Å². The van der Waals surface area contributed by atoms with Crippen LogP contribution in [0.1, 0.15) is 15.9 Å². The molecule has 0 aliphatic rings. The van der Waals surface area contributed by atoms with Crippen molar-refractivity contribution in [1.82, 2.24) is 4.98 Å². The van der Waals surface area contributed by atoms with Crippen LogP contribution in [0.15, 0.2) is 52.9 Å². The standard InChI is InChI=1S/C17H15NO3S2/c19-9-10-21-16(20)13-7-5-12(6-8-13)11-22-17-18-14-3-1-2-4-15(14)23-17/h1-8,19H,9-11H2. The zero-order valence-electron chi connectivity index (χ0n) is 12.3. The maximum atomic E-state index is 11.6. The second kappa shape index (κ2) is 7.59. The summed E-state index contributed by atoms with van der Waals surface area (Å²) < 4.78 is 7.11. The number of thioether (sulfide) groups is 1. The van der Waals surface area contributed by atoms with Gasteiger partial charge in [0.05, 0.1) is 22.4 Å². The molecule has 0 unspecified atom stereocenters. The number of hydrogen-bond acceptors (Lipinski definition) is 6. The summed E-state index contributed by atoms with van der Waals surface area (Å²) in [6.45, 7) is -0.142. The maximum absolute atomic E-state index is 11.6. The van der Waals surface area contributed by atoms with Gasteiger partial charge in [0.2, 0.25) is 0 Å². The lowest BCUT2D eigenvalue weighted by atomic mass is 10.1. The molecule has 0 aliphatic carbocycles. The highest BCUT2D eigenvalue weighted by atomic mass is 32.2. The summed E-state index contributed by atoms with van der Waals surface area (Å²) in [7, 11) is 0. The van der Waals surface area contributed by atoms with Gasteiger partial charge in [0.1, 0.15) is 6.61 Å². The molecule has 118 valence electrons. The van der Waals surface area contributed by atoms with Crippen LogP contribution < -0.4 is 0 Å². The Morgan fingerprint density at radius 2 is 1.96 bits per heavy atom. The zero-order chi connectivity index (χ0) is 16.1. The number of esters is 1. The third-order valence-electron chi connectivity index (χ3n) is 3.15. The van der Waals surface area contributed by atoms with E-state index in [-0.39, 0.29) is 13.2 Å². The minimum absolute atomic E-state index is 0.0219. The molecule has 4 nitrogen and oxygen atoms in total. The number of thiazole rings is 1. The van der Waals surface area contributed by atoms with Crippen molar-refractivity contribution in [1.29, 1.82) is 0 Å². The van der Waals surface area contributed by atoms with Crippen LogP contribution in [0.25, 0.3) is 10.2 Å². The summed E-state index contributed by atoms with van der Waals surface area (Å²) >= 11 is 3.37. The molecule has 0 radical (unpaired) electrons. The molecule has 0 spiro atoms. The minimum atomic E-state index is -0.413. The highest BCUT2D eigenvalue weighted by Gasteiger charge is 2.07. The number of carbonyl (C=O) groups is 1. The fourth-order valence-corrected chi connectivity index (χ4v) is 4.04. The third kappa shape index (κ3) is 4.10. The second-order valence-electron chi connectivity index (χ2n) is 4.79. The molecule has 3 aromatic rings. The lowest BCUT2D eigenvalue weighted by Crippen LogP contribution is -2.08. The third-order valence-corrected chi connectivity index (χ3v) is 5.40. The van der Waals surface area contributed by atoms with Gasteiger partial charge in [-0.1, -0.05) is 36.0 Å². The Kier molecular flexibility index (Phi) is 5.27. The summed E-state index contributed by atoms with van der Waals surface area (Å²) in [5, 5.41) is 8.65. The van der Waals surface area contributed by atoms with Crippen molar-refractivity contribution in [3.05, 3.63) is 59.7 Å². The maximum Gasteiger partial charge on any atom is 0.338 e. The first-order valence-corrected chi connectivity index (χ1v) is 8.92.